The maximum atomic E-state index is 12.5. The van der Waals surface area contributed by atoms with Gasteiger partial charge in [0.05, 0.1) is 11.6 Å². The van der Waals surface area contributed by atoms with E-state index < -0.39 is 11.7 Å². The van der Waals surface area contributed by atoms with Gasteiger partial charge in [0.1, 0.15) is 5.88 Å². The van der Waals surface area contributed by atoms with E-state index in [0.717, 1.165) is 12.1 Å². The number of rotatable bonds is 3. The van der Waals surface area contributed by atoms with Crippen LogP contribution in [0.3, 0.4) is 0 Å². The van der Waals surface area contributed by atoms with E-state index in [1.807, 2.05) is 0 Å². The van der Waals surface area contributed by atoms with Crippen LogP contribution in [0.5, 0.6) is 0 Å². The van der Waals surface area contributed by atoms with Crippen molar-refractivity contribution < 1.29 is 18.0 Å². The van der Waals surface area contributed by atoms with Gasteiger partial charge in [-0.25, -0.2) is 0 Å². The highest BCUT2D eigenvalue weighted by Crippen LogP contribution is 2.31. The van der Waals surface area contributed by atoms with Gasteiger partial charge in [-0.2, -0.15) is 13.2 Å². The van der Waals surface area contributed by atoms with E-state index in [1.54, 1.807) is 11.0 Å². The quantitative estimate of drug-likeness (QED) is 0.869. The third-order valence-corrected chi connectivity index (χ3v) is 3.14. The van der Waals surface area contributed by atoms with Gasteiger partial charge in [0.25, 0.3) is 0 Å². The molecule has 0 aliphatic carbocycles. The molecule has 1 amide bonds. The largest absolute Gasteiger partial charge is 0.416 e. The number of benzene rings is 1. The molecule has 1 heterocycles. The molecule has 0 atom stereocenters. The second-order valence-electron chi connectivity index (χ2n) is 4.35. The molecule has 0 unspecified atom stereocenters. The molecule has 0 aromatic heterocycles. The fourth-order valence-electron chi connectivity index (χ4n) is 1.88. The molecule has 1 N–H and O–H groups in total. The molecule has 1 aromatic carbocycles. The van der Waals surface area contributed by atoms with Crippen molar-refractivity contribution in [3.8, 4) is 0 Å². The molecule has 1 aromatic rings. The minimum atomic E-state index is -4.35. The van der Waals surface area contributed by atoms with E-state index >= 15 is 0 Å². The predicted molar refractivity (Wildman–Crippen MR) is 66.2 cm³/mol. The lowest BCUT2D eigenvalue weighted by Gasteiger charge is -2.39. The molecule has 1 fully saturated rings. The van der Waals surface area contributed by atoms with Crippen molar-refractivity contribution in [3.63, 3.8) is 0 Å². The molecular formula is C12H12ClF3N2O. The van der Waals surface area contributed by atoms with Crippen LogP contribution in [0.15, 0.2) is 24.3 Å². The normalized spacial score (nSPS) is 16.1. The van der Waals surface area contributed by atoms with Gasteiger partial charge >= 0.3 is 6.18 Å². The van der Waals surface area contributed by atoms with E-state index in [4.69, 9.17) is 11.6 Å². The molecule has 104 valence electrons. The fourth-order valence-corrected chi connectivity index (χ4v) is 2.05. The summed E-state index contributed by atoms with van der Waals surface area (Å²) in [6.45, 7) is 0.920. The lowest BCUT2D eigenvalue weighted by molar-refractivity contribution is -0.137. The molecule has 0 spiro atoms. The summed E-state index contributed by atoms with van der Waals surface area (Å²) in [5, 5.41) is 2.96. The van der Waals surface area contributed by atoms with E-state index in [2.05, 4.69) is 5.32 Å². The van der Waals surface area contributed by atoms with Crippen LogP contribution in [0.2, 0.25) is 0 Å². The summed E-state index contributed by atoms with van der Waals surface area (Å²) in [7, 11) is 0. The number of alkyl halides is 4. The van der Waals surface area contributed by atoms with E-state index in [1.165, 1.54) is 6.07 Å². The van der Waals surface area contributed by atoms with Gasteiger partial charge in [-0.05, 0) is 18.2 Å². The minimum absolute atomic E-state index is 0.0318. The molecular weight excluding hydrogens is 281 g/mol. The summed E-state index contributed by atoms with van der Waals surface area (Å²) in [5.74, 6) is -0.236. The highest BCUT2D eigenvalue weighted by Gasteiger charge is 2.32. The Balaban J connectivity index is 1.93. The van der Waals surface area contributed by atoms with Crippen LogP contribution in [0.25, 0.3) is 0 Å². The Hall–Kier alpha value is -1.43. The molecule has 7 heteroatoms. The van der Waals surface area contributed by atoms with Crippen molar-refractivity contribution in [1.82, 2.24) is 4.90 Å². The van der Waals surface area contributed by atoms with Crippen LogP contribution < -0.4 is 5.32 Å². The Morgan fingerprint density at radius 2 is 2.11 bits per heavy atom. The molecule has 0 saturated carbocycles. The van der Waals surface area contributed by atoms with Gasteiger partial charge in [0.15, 0.2) is 0 Å². The summed E-state index contributed by atoms with van der Waals surface area (Å²) in [5.41, 5.74) is -0.289. The second kappa shape index (κ2) is 5.28. The van der Waals surface area contributed by atoms with Crippen molar-refractivity contribution in [2.45, 2.75) is 12.2 Å². The molecule has 3 nitrogen and oxygen atoms in total. The van der Waals surface area contributed by atoms with Crippen molar-refractivity contribution in [2.75, 3.05) is 24.3 Å². The lowest BCUT2D eigenvalue weighted by atomic mass is 10.1. The Kier molecular flexibility index (Phi) is 3.89. The Morgan fingerprint density at radius 3 is 2.68 bits per heavy atom. The maximum Gasteiger partial charge on any atom is 0.416 e. The third-order valence-electron chi connectivity index (χ3n) is 2.91. The molecule has 1 saturated heterocycles. The summed E-state index contributed by atoms with van der Waals surface area (Å²) in [6.07, 6.45) is -4.35. The van der Waals surface area contributed by atoms with Crippen LogP contribution in [0.4, 0.5) is 18.9 Å². The Bertz CT molecular complexity index is 472. The average Bonchev–Trinajstić information content (AvgIpc) is 2.31. The van der Waals surface area contributed by atoms with Gasteiger partial charge < -0.3 is 10.2 Å². The third kappa shape index (κ3) is 3.32. The molecule has 0 bridgehead atoms. The Labute approximate surface area is 113 Å². The number of anilines is 1. The zero-order valence-corrected chi connectivity index (χ0v) is 10.6. The SMILES string of the molecule is O=C(CCl)N1CC(Nc2cccc(C(F)(F)F)c2)C1. The molecule has 1 aliphatic rings. The molecule has 1 aliphatic heterocycles. The van der Waals surface area contributed by atoms with Gasteiger partial charge in [0.2, 0.25) is 5.91 Å². The standard InChI is InChI=1S/C12H12ClF3N2O/c13-5-11(19)18-6-10(7-18)17-9-3-1-2-8(4-9)12(14,15)16/h1-4,10,17H,5-7H2. The number of hydrogen-bond acceptors (Lipinski definition) is 2. The van der Waals surface area contributed by atoms with Gasteiger partial charge in [-0.1, -0.05) is 6.07 Å². The minimum Gasteiger partial charge on any atom is -0.379 e. The zero-order valence-electron chi connectivity index (χ0n) is 9.88. The number of nitrogens with zero attached hydrogens (tertiary/aromatic N) is 1. The highest BCUT2D eigenvalue weighted by atomic mass is 35.5. The number of halogens is 4. The van der Waals surface area contributed by atoms with Crippen LogP contribution in [0.1, 0.15) is 5.56 Å². The van der Waals surface area contributed by atoms with E-state index in [-0.39, 0.29) is 17.8 Å². The number of likely N-dealkylation sites (tertiary alicyclic amines) is 1. The van der Waals surface area contributed by atoms with Gasteiger partial charge in [0, 0.05) is 18.8 Å². The first-order valence-corrected chi connectivity index (χ1v) is 6.21. The molecule has 19 heavy (non-hydrogen) atoms. The zero-order chi connectivity index (χ0) is 14.0. The van der Waals surface area contributed by atoms with Crippen molar-refractivity contribution in [1.29, 1.82) is 0 Å². The monoisotopic (exact) mass is 292 g/mol. The fraction of sp³-hybridized carbons (Fsp3) is 0.417. The predicted octanol–water partition coefficient (Wildman–Crippen LogP) is 2.57. The summed E-state index contributed by atoms with van der Waals surface area (Å²) in [6, 6.07) is 4.98. The lowest BCUT2D eigenvalue weighted by Crippen LogP contribution is -2.57. The average molecular weight is 293 g/mol. The van der Waals surface area contributed by atoms with Crippen LogP contribution in [0, 0.1) is 0 Å². The van der Waals surface area contributed by atoms with Crippen molar-refractivity contribution >= 4 is 23.2 Å². The molecule has 0 radical (unpaired) electrons. The van der Waals surface area contributed by atoms with Crippen molar-refractivity contribution in [2.24, 2.45) is 0 Å². The van der Waals surface area contributed by atoms with Crippen LogP contribution in [-0.2, 0) is 11.0 Å². The van der Waals surface area contributed by atoms with Crippen LogP contribution in [-0.4, -0.2) is 35.8 Å². The topological polar surface area (TPSA) is 32.3 Å². The number of amides is 1. The van der Waals surface area contributed by atoms with E-state index in [0.29, 0.717) is 18.8 Å². The summed E-state index contributed by atoms with van der Waals surface area (Å²) < 4.78 is 37.6. The first-order valence-electron chi connectivity index (χ1n) is 5.67. The van der Waals surface area contributed by atoms with Crippen molar-refractivity contribution in [3.05, 3.63) is 29.8 Å². The summed E-state index contributed by atoms with van der Waals surface area (Å²) in [4.78, 5) is 12.7. The first-order chi connectivity index (χ1) is 8.90. The number of hydrogen-bond donors (Lipinski definition) is 1. The first kappa shape index (κ1) is 14.0. The maximum absolute atomic E-state index is 12.5. The highest BCUT2D eigenvalue weighted by molar-refractivity contribution is 6.27. The smallest absolute Gasteiger partial charge is 0.379 e. The van der Waals surface area contributed by atoms with E-state index in [9.17, 15) is 18.0 Å². The molecule has 2 rings (SSSR count). The Morgan fingerprint density at radius 1 is 1.42 bits per heavy atom. The van der Waals surface area contributed by atoms with Crippen LogP contribution >= 0.6 is 11.6 Å². The second-order valence-corrected chi connectivity index (χ2v) is 4.62. The van der Waals surface area contributed by atoms with Gasteiger partial charge in [-0.15, -0.1) is 11.6 Å². The summed E-state index contributed by atoms with van der Waals surface area (Å²) >= 11 is 5.40. The number of carbonyl (C=O) groups is 1. The van der Waals surface area contributed by atoms with Gasteiger partial charge in [-0.3, -0.25) is 4.79 Å². The number of nitrogens with one attached hydrogen (secondary N) is 1. The number of carbonyl (C=O) groups excluding carboxylic acids is 1.